The molecule has 3 heteroatoms. The number of nitrogens with one attached hydrogen (secondary N) is 1. The van der Waals surface area contributed by atoms with E-state index in [-0.39, 0.29) is 0 Å². The lowest BCUT2D eigenvalue weighted by Crippen LogP contribution is -2.16. The Hall–Kier alpha value is -1.32. The molecule has 0 amide bonds. The number of aromatic hydroxyl groups is 1. The van der Waals surface area contributed by atoms with E-state index in [1.54, 1.807) is 23.5 Å². The molecular weight excluding hydrogens is 218 g/mol. The van der Waals surface area contributed by atoms with Gasteiger partial charge in [0, 0.05) is 17.5 Å². The summed E-state index contributed by atoms with van der Waals surface area (Å²) in [6, 6.07) is 11.9. The summed E-state index contributed by atoms with van der Waals surface area (Å²) in [5, 5.41) is 14.8. The predicted molar refractivity (Wildman–Crippen MR) is 67.7 cm³/mol. The molecule has 0 radical (unpaired) electrons. The van der Waals surface area contributed by atoms with Crippen LogP contribution in [0.1, 0.15) is 23.4 Å². The molecule has 0 spiro atoms. The Balaban J connectivity index is 1.92. The fourth-order valence-electron chi connectivity index (χ4n) is 1.58. The SMILES string of the molecule is C[C@H](NCc1cccc(O)c1)c1cccs1. The zero-order chi connectivity index (χ0) is 11.4. The molecule has 0 aliphatic heterocycles. The lowest BCUT2D eigenvalue weighted by molar-refractivity contribution is 0.473. The van der Waals surface area contributed by atoms with Crippen molar-refractivity contribution in [1.29, 1.82) is 0 Å². The summed E-state index contributed by atoms with van der Waals surface area (Å²) in [5.74, 6) is 0.322. The normalized spacial score (nSPS) is 12.6. The van der Waals surface area contributed by atoms with E-state index in [1.807, 2.05) is 12.1 Å². The first-order valence-electron chi connectivity index (χ1n) is 5.30. The summed E-state index contributed by atoms with van der Waals surface area (Å²) in [6.45, 7) is 2.92. The van der Waals surface area contributed by atoms with Gasteiger partial charge in [0.2, 0.25) is 0 Å². The second kappa shape index (κ2) is 5.14. The summed E-state index contributed by atoms with van der Waals surface area (Å²) >= 11 is 1.76. The van der Waals surface area contributed by atoms with Gasteiger partial charge in [-0.05, 0) is 36.1 Å². The summed E-state index contributed by atoms with van der Waals surface area (Å²) < 4.78 is 0. The molecule has 0 saturated heterocycles. The highest BCUT2D eigenvalue weighted by molar-refractivity contribution is 7.10. The largest absolute Gasteiger partial charge is 0.508 e. The van der Waals surface area contributed by atoms with Gasteiger partial charge in [0.15, 0.2) is 0 Å². The molecule has 84 valence electrons. The van der Waals surface area contributed by atoms with Crippen LogP contribution in [0.25, 0.3) is 0 Å². The molecule has 2 nitrogen and oxygen atoms in total. The van der Waals surface area contributed by atoms with Crippen molar-refractivity contribution in [2.75, 3.05) is 0 Å². The number of hydrogen-bond donors (Lipinski definition) is 2. The van der Waals surface area contributed by atoms with Crippen LogP contribution in [0, 0.1) is 0 Å². The van der Waals surface area contributed by atoms with Gasteiger partial charge in [-0.1, -0.05) is 18.2 Å². The summed E-state index contributed by atoms with van der Waals surface area (Å²) in [5.41, 5.74) is 1.10. The maximum atomic E-state index is 9.34. The molecule has 0 aliphatic carbocycles. The van der Waals surface area contributed by atoms with Crippen molar-refractivity contribution in [2.24, 2.45) is 0 Å². The molecule has 2 N–H and O–H groups in total. The molecule has 2 rings (SSSR count). The lowest BCUT2D eigenvalue weighted by atomic mass is 10.2. The second-order valence-electron chi connectivity index (χ2n) is 3.79. The molecule has 0 fully saturated rings. The summed E-state index contributed by atoms with van der Waals surface area (Å²) in [7, 11) is 0. The summed E-state index contributed by atoms with van der Waals surface area (Å²) in [6.07, 6.45) is 0. The number of hydrogen-bond acceptors (Lipinski definition) is 3. The van der Waals surface area contributed by atoms with Crippen LogP contribution < -0.4 is 5.32 Å². The molecule has 1 atom stereocenters. The van der Waals surface area contributed by atoms with E-state index in [4.69, 9.17) is 0 Å². The summed E-state index contributed by atoms with van der Waals surface area (Å²) in [4.78, 5) is 1.33. The Kier molecular flexibility index (Phi) is 3.59. The number of thiophene rings is 1. The van der Waals surface area contributed by atoms with Gasteiger partial charge < -0.3 is 10.4 Å². The van der Waals surface area contributed by atoms with Crippen LogP contribution in [0.4, 0.5) is 0 Å². The maximum absolute atomic E-state index is 9.34. The fraction of sp³-hybridized carbons (Fsp3) is 0.231. The quantitative estimate of drug-likeness (QED) is 0.849. The minimum atomic E-state index is 0.322. The van der Waals surface area contributed by atoms with E-state index in [0.717, 1.165) is 12.1 Å². The average Bonchev–Trinajstić information content (AvgIpc) is 2.79. The van der Waals surface area contributed by atoms with Crippen LogP contribution >= 0.6 is 11.3 Å². The van der Waals surface area contributed by atoms with E-state index in [9.17, 15) is 5.11 Å². The lowest BCUT2D eigenvalue weighted by Gasteiger charge is -2.12. The Morgan fingerprint density at radius 2 is 2.19 bits per heavy atom. The zero-order valence-corrected chi connectivity index (χ0v) is 10.00. The van der Waals surface area contributed by atoms with Crippen molar-refractivity contribution in [3.8, 4) is 5.75 Å². The van der Waals surface area contributed by atoms with Gasteiger partial charge in [-0.15, -0.1) is 11.3 Å². The van der Waals surface area contributed by atoms with Crippen molar-refractivity contribution >= 4 is 11.3 Å². The molecule has 2 aromatic rings. The van der Waals surface area contributed by atoms with E-state index < -0.39 is 0 Å². The molecule has 0 saturated carbocycles. The molecular formula is C13H15NOS. The van der Waals surface area contributed by atoms with Crippen LogP contribution in [0.3, 0.4) is 0 Å². The van der Waals surface area contributed by atoms with Crippen LogP contribution in [-0.2, 0) is 6.54 Å². The topological polar surface area (TPSA) is 32.3 Å². The highest BCUT2D eigenvalue weighted by atomic mass is 32.1. The first-order chi connectivity index (χ1) is 7.75. The Bertz CT molecular complexity index is 439. The van der Waals surface area contributed by atoms with Gasteiger partial charge in [0.05, 0.1) is 0 Å². The van der Waals surface area contributed by atoms with Crippen LogP contribution in [0.15, 0.2) is 41.8 Å². The standard InChI is InChI=1S/C13H15NOS/c1-10(13-6-3-7-16-13)14-9-11-4-2-5-12(15)8-11/h2-8,10,14-15H,9H2,1H3/t10-/m0/s1. The minimum Gasteiger partial charge on any atom is -0.508 e. The Morgan fingerprint density at radius 3 is 2.88 bits per heavy atom. The van der Waals surface area contributed by atoms with Crippen molar-refractivity contribution < 1.29 is 5.11 Å². The minimum absolute atomic E-state index is 0.322. The van der Waals surface area contributed by atoms with Crippen molar-refractivity contribution in [3.05, 3.63) is 52.2 Å². The third-order valence-corrected chi connectivity index (χ3v) is 3.55. The Labute approximate surface area is 99.6 Å². The van der Waals surface area contributed by atoms with Crippen molar-refractivity contribution in [2.45, 2.75) is 19.5 Å². The van der Waals surface area contributed by atoms with Crippen LogP contribution in [-0.4, -0.2) is 5.11 Å². The Morgan fingerprint density at radius 1 is 1.31 bits per heavy atom. The number of phenolic OH excluding ortho intramolecular Hbond substituents is 1. The van der Waals surface area contributed by atoms with Gasteiger partial charge in [0.1, 0.15) is 5.75 Å². The number of benzene rings is 1. The third kappa shape index (κ3) is 2.84. The van der Waals surface area contributed by atoms with E-state index >= 15 is 0 Å². The van der Waals surface area contributed by atoms with Crippen molar-refractivity contribution in [3.63, 3.8) is 0 Å². The van der Waals surface area contributed by atoms with E-state index in [1.165, 1.54) is 4.88 Å². The van der Waals surface area contributed by atoms with Crippen LogP contribution in [0.2, 0.25) is 0 Å². The average molecular weight is 233 g/mol. The second-order valence-corrected chi connectivity index (χ2v) is 4.77. The first kappa shape index (κ1) is 11.2. The fourth-order valence-corrected chi connectivity index (χ4v) is 2.33. The monoisotopic (exact) mass is 233 g/mol. The number of phenols is 1. The van der Waals surface area contributed by atoms with E-state index in [0.29, 0.717) is 11.8 Å². The highest BCUT2D eigenvalue weighted by Gasteiger charge is 2.05. The van der Waals surface area contributed by atoms with Crippen LogP contribution in [0.5, 0.6) is 5.75 Å². The molecule has 0 unspecified atom stereocenters. The van der Waals surface area contributed by atoms with Gasteiger partial charge in [-0.3, -0.25) is 0 Å². The molecule has 1 heterocycles. The highest BCUT2D eigenvalue weighted by Crippen LogP contribution is 2.19. The predicted octanol–water partition coefficient (Wildman–Crippen LogP) is 3.30. The van der Waals surface area contributed by atoms with Gasteiger partial charge in [-0.2, -0.15) is 0 Å². The zero-order valence-electron chi connectivity index (χ0n) is 9.18. The number of rotatable bonds is 4. The van der Waals surface area contributed by atoms with Gasteiger partial charge in [0.25, 0.3) is 0 Å². The first-order valence-corrected chi connectivity index (χ1v) is 6.18. The maximum Gasteiger partial charge on any atom is 0.115 e. The molecule has 1 aromatic carbocycles. The molecule has 16 heavy (non-hydrogen) atoms. The molecule has 0 bridgehead atoms. The van der Waals surface area contributed by atoms with Crippen molar-refractivity contribution in [1.82, 2.24) is 5.32 Å². The van der Waals surface area contributed by atoms with Gasteiger partial charge in [-0.25, -0.2) is 0 Å². The molecule has 0 aliphatic rings. The smallest absolute Gasteiger partial charge is 0.115 e. The van der Waals surface area contributed by atoms with E-state index in [2.05, 4.69) is 29.8 Å². The molecule has 1 aromatic heterocycles. The van der Waals surface area contributed by atoms with Gasteiger partial charge >= 0.3 is 0 Å². The third-order valence-electron chi connectivity index (χ3n) is 2.49.